The van der Waals surface area contributed by atoms with E-state index in [-0.39, 0.29) is 17.7 Å². The zero-order chi connectivity index (χ0) is 20.6. The van der Waals surface area contributed by atoms with Crippen molar-refractivity contribution in [1.82, 2.24) is 10.2 Å². The lowest BCUT2D eigenvalue weighted by Gasteiger charge is -2.31. The van der Waals surface area contributed by atoms with Crippen molar-refractivity contribution in [2.75, 3.05) is 18.4 Å². The van der Waals surface area contributed by atoms with Crippen molar-refractivity contribution >= 4 is 17.5 Å². The Labute approximate surface area is 172 Å². The summed E-state index contributed by atoms with van der Waals surface area (Å²) in [5.41, 5.74) is 9.96. The highest BCUT2D eigenvalue weighted by atomic mass is 16.1. The molecular weight excluding hydrogens is 364 g/mol. The first kappa shape index (κ1) is 21.0. The molecule has 0 radical (unpaired) electrons. The second-order valence-corrected chi connectivity index (χ2v) is 7.78. The third-order valence-electron chi connectivity index (χ3n) is 5.24. The highest BCUT2D eigenvalue weighted by molar-refractivity contribution is 5.88. The number of benzene rings is 2. The largest absolute Gasteiger partial charge is 0.369 e. The third kappa shape index (κ3) is 6.69. The minimum absolute atomic E-state index is 0.0226. The van der Waals surface area contributed by atoms with Crippen LogP contribution in [-0.2, 0) is 29.2 Å². The predicted octanol–water partition coefficient (Wildman–Crippen LogP) is 2.63. The molecule has 1 fully saturated rings. The van der Waals surface area contributed by atoms with Gasteiger partial charge in [0.15, 0.2) is 0 Å². The van der Waals surface area contributed by atoms with E-state index in [0.717, 1.165) is 51.3 Å². The van der Waals surface area contributed by atoms with Crippen molar-refractivity contribution in [1.29, 1.82) is 0 Å². The van der Waals surface area contributed by atoms with Gasteiger partial charge in [-0.15, -0.1) is 0 Å². The molecule has 0 bridgehead atoms. The Kier molecular flexibility index (Phi) is 7.38. The summed E-state index contributed by atoms with van der Waals surface area (Å²) in [6, 6.07) is 16.4. The maximum Gasteiger partial charge on any atom is 0.221 e. The first-order valence-electron chi connectivity index (χ1n) is 10.2. The Morgan fingerprint density at radius 1 is 1.07 bits per heavy atom. The minimum Gasteiger partial charge on any atom is -0.369 e. The van der Waals surface area contributed by atoms with Gasteiger partial charge in [-0.1, -0.05) is 36.4 Å². The van der Waals surface area contributed by atoms with Crippen LogP contribution in [-0.4, -0.2) is 29.8 Å². The second kappa shape index (κ2) is 10.2. The number of hydrogen-bond acceptors (Lipinski definition) is 4. The van der Waals surface area contributed by atoms with Crippen molar-refractivity contribution in [2.24, 2.45) is 11.7 Å². The SMILES string of the molecule is CC(=O)Nc1ccc(CNCc2cccc(CN3CCCC(C(N)=O)C3)c2)cc1. The number of nitrogens with zero attached hydrogens (tertiary/aromatic N) is 1. The zero-order valence-corrected chi connectivity index (χ0v) is 17.0. The van der Waals surface area contributed by atoms with E-state index in [1.54, 1.807) is 0 Å². The van der Waals surface area contributed by atoms with E-state index in [1.807, 2.05) is 24.3 Å². The number of carbonyl (C=O) groups is 2. The van der Waals surface area contributed by atoms with Gasteiger partial charge >= 0.3 is 0 Å². The first-order chi connectivity index (χ1) is 14.0. The molecule has 3 rings (SSSR count). The molecule has 0 aliphatic carbocycles. The van der Waals surface area contributed by atoms with E-state index in [1.165, 1.54) is 23.6 Å². The molecule has 6 nitrogen and oxygen atoms in total. The molecule has 1 heterocycles. The number of amides is 2. The summed E-state index contributed by atoms with van der Waals surface area (Å²) in [5, 5.41) is 6.24. The molecule has 2 aromatic carbocycles. The first-order valence-corrected chi connectivity index (χ1v) is 10.2. The van der Waals surface area contributed by atoms with Crippen LogP contribution in [0.15, 0.2) is 48.5 Å². The van der Waals surface area contributed by atoms with Crippen LogP contribution in [0.3, 0.4) is 0 Å². The Morgan fingerprint density at radius 3 is 2.52 bits per heavy atom. The molecule has 4 N–H and O–H groups in total. The highest BCUT2D eigenvalue weighted by Gasteiger charge is 2.23. The summed E-state index contributed by atoms with van der Waals surface area (Å²) < 4.78 is 0. The average Bonchev–Trinajstić information content (AvgIpc) is 2.69. The topological polar surface area (TPSA) is 87.5 Å². The van der Waals surface area contributed by atoms with Gasteiger partial charge in [0.25, 0.3) is 0 Å². The lowest BCUT2D eigenvalue weighted by Crippen LogP contribution is -2.40. The number of nitrogens with two attached hydrogens (primary N) is 1. The molecule has 0 saturated carbocycles. The van der Waals surface area contributed by atoms with Crippen LogP contribution in [0.1, 0.15) is 36.5 Å². The van der Waals surface area contributed by atoms with Crippen molar-refractivity contribution in [3.63, 3.8) is 0 Å². The number of primary amides is 1. The van der Waals surface area contributed by atoms with E-state index in [4.69, 9.17) is 5.73 Å². The minimum atomic E-state index is -0.183. The Hall–Kier alpha value is -2.70. The van der Waals surface area contributed by atoms with Crippen LogP contribution in [0.5, 0.6) is 0 Å². The number of rotatable bonds is 8. The maximum absolute atomic E-state index is 11.5. The van der Waals surface area contributed by atoms with Gasteiger partial charge in [-0.2, -0.15) is 0 Å². The molecule has 0 spiro atoms. The summed E-state index contributed by atoms with van der Waals surface area (Å²) in [7, 11) is 0. The van der Waals surface area contributed by atoms with Gasteiger partial charge in [-0.3, -0.25) is 14.5 Å². The standard InChI is InChI=1S/C23H30N4O2/c1-17(28)26-22-9-7-18(8-10-22)13-25-14-19-4-2-5-20(12-19)15-27-11-3-6-21(16-27)23(24)29/h2,4-5,7-10,12,21,25H,3,6,11,13-16H2,1H3,(H2,24,29)(H,26,28). The molecule has 154 valence electrons. The van der Waals surface area contributed by atoms with Crippen LogP contribution >= 0.6 is 0 Å². The molecule has 29 heavy (non-hydrogen) atoms. The van der Waals surface area contributed by atoms with Gasteiger partial charge in [0.2, 0.25) is 11.8 Å². The van der Waals surface area contributed by atoms with E-state index < -0.39 is 0 Å². The van der Waals surface area contributed by atoms with Gasteiger partial charge in [0, 0.05) is 38.8 Å². The molecule has 6 heteroatoms. The van der Waals surface area contributed by atoms with Crippen molar-refractivity contribution in [2.45, 2.75) is 39.4 Å². The van der Waals surface area contributed by atoms with Crippen LogP contribution in [0.2, 0.25) is 0 Å². The summed E-state index contributed by atoms with van der Waals surface area (Å²) in [6.07, 6.45) is 1.93. The molecule has 0 aromatic heterocycles. The average molecular weight is 395 g/mol. The van der Waals surface area contributed by atoms with E-state index in [2.05, 4.69) is 39.8 Å². The van der Waals surface area contributed by atoms with Crippen LogP contribution < -0.4 is 16.4 Å². The second-order valence-electron chi connectivity index (χ2n) is 7.78. The quantitative estimate of drug-likeness (QED) is 0.642. The fourth-order valence-electron chi connectivity index (χ4n) is 3.79. The van der Waals surface area contributed by atoms with Crippen molar-refractivity contribution in [3.05, 3.63) is 65.2 Å². The molecular formula is C23H30N4O2. The summed E-state index contributed by atoms with van der Waals surface area (Å²) >= 11 is 0. The predicted molar refractivity (Wildman–Crippen MR) is 115 cm³/mol. The summed E-state index contributed by atoms with van der Waals surface area (Å²) in [4.78, 5) is 24.9. The molecule has 2 aromatic rings. The lowest BCUT2D eigenvalue weighted by molar-refractivity contribution is -0.123. The monoisotopic (exact) mass is 394 g/mol. The normalized spacial score (nSPS) is 17.1. The fourth-order valence-corrected chi connectivity index (χ4v) is 3.79. The molecule has 1 aliphatic heterocycles. The van der Waals surface area contributed by atoms with Gasteiger partial charge in [-0.25, -0.2) is 0 Å². The van der Waals surface area contributed by atoms with Crippen LogP contribution in [0.4, 0.5) is 5.69 Å². The van der Waals surface area contributed by atoms with E-state index in [9.17, 15) is 9.59 Å². The smallest absolute Gasteiger partial charge is 0.221 e. The maximum atomic E-state index is 11.5. The number of hydrogen-bond donors (Lipinski definition) is 3. The molecule has 1 unspecified atom stereocenters. The van der Waals surface area contributed by atoms with E-state index >= 15 is 0 Å². The molecule has 1 aliphatic rings. The Morgan fingerprint density at radius 2 is 1.79 bits per heavy atom. The van der Waals surface area contributed by atoms with Crippen molar-refractivity contribution < 1.29 is 9.59 Å². The zero-order valence-electron chi connectivity index (χ0n) is 17.0. The van der Waals surface area contributed by atoms with Gasteiger partial charge in [-0.05, 0) is 48.2 Å². The lowest BCUT2D eigenvalue weighted by atomic mass is 9.97. The Balaban J connectivity index is 1.48. The molecule has 1 saturated heterocycles. The van der Waals surface area contributed by atoms with Gasteiger partial charge < -0.3 is 16.4 Å². The molecule has 2 amide bonds. The number of likely N-dealkylation sites (tertiary alicyclic amines) is 1. The van der Waals surface area contributed by atoms with Gasteiger partial charge in [0.05, 0.1) is 5.92 Å². The van der Waals surface area contributed by atoms with Crippen LogP contribution in [0, 0.1) is 5.92 Å². The number of piperidine rings is 1. The molecule has 1 atom stereocenters. The summed E-state index contributed by atoms with van der Waals surface area (Å²) in [6.45, 7) is 5.67. The van der Waals surface area contributed by atoms with Crippen LogP contribution in [0.25, 0.3) is 0 Å². The van der Waals surface area contributed by atoms with Crippen molar-refractivity contribution in [3.8, 4) is 0 Å². The van der Waals surface area contributed by atoms with E-state index in [0.29, 0.717) is 0 Å². The summed E-state index contributed by atoms with van der Waals surface area (Å²) in [5.74, 6) is -0.270. The van der Waals surface area contributed by atoms with Gasteiger partial charge in [0.1, 0.15) is 0 Å². The Bertz CT molecular complexity index is 835. The number of carbonyl (C=O) groups excluding carboxylic acids is 2. The highest BCUT2D eigenvalue weighted by Crippen LogP contribution is 2.19. The number of nitrogens with one attached hydrogen (secondary N) is 2. The number of anilines is 1. The fraction of sp³-hybridized carbons (Fsp3) is 0.391. The third-order valence-corrected chi connectivity index (χ3v) is 5.24.